The molecule has 0 unspecified atom stereocenters. The summed E-state index contributed by atoms with van der Waals surface area (Å²) in [7, 11) is 0. The molecule has 1 heterocycles. The third kappa shape index (κ3) is 2.81. The number of halogens is 1. The molecule has 0 atom stereocenters. The van der Waals surface area contributed by atoms with Crippen molar-refractivity contribution in [1.29, 1.82) is 5.26 Å². The number of hydrogen-bond acceptors (Lipinski definition) is 4. The molecule has 0 bridgehead atoms. The third-order valence-corrected chi connectivity index (χ3v) is 4.87. The van der Waals surface area contributed by atoms with Crippen LogP contribution >= 0.6 is 34.9 Å². The van der Waals surface area contributed by atoms with Crippen LogP contribution in [0.1, 0.15) is 16.7 Å². The number of aryl methyl sites for hydroxylation is 1. The van der Waals surface area contributed by atoms with Crippen LogP contribution in [0.3, 0.4) is 0 Å². The molecule has 1 aromatic carbocycles. The van der Waals surface area contributed by atoms with Gasteiger partial charge in [-0.3, -0.25) is 0 Å². The minimum absolute atomic E-state index is 0.310. The SMILES string of the molecule is Cc1ccccc1CSc1snc(Cl)c1C#N. The van der Waals surface area contributed by atoms with Gasteiger partial charge in [-0.25, -0.2) is 0 Å². The Balaban J connectivity index is 2.13. The molecule has 2 aromatic rings. The van der Waals surface area contributed by atoms with Crippen LogP contribution < -0.4 is 0 Å². The fourth-order valence-electron chi connectivity index (χ4n) is 1.36. The smallest absolute Gasteiger partial charge is 0.161 e. The molecule has 0 saturated carbocycles. The highest BCUT2D eigenvalue weighted by Crippen LogP contribution is 2.34. The van der Waals surface area contributed by atoms with Crippen molar-refractivity contribution in [1.82, 2.24) is 4.37 Å². The number of nitrogens with zero attached hydrogens (tertiary/aromatic N) is 2. The van der Waals surface area contributed by atoms with Crippen molar-refractivity contribution in [3.63, 3.8) is 0 Å². The molecular formula is C12H9ClN2S2. The maximum atomic E-state index is 8.96. The first-order chi connectivity index (χ1) is 8.22. The van der Waals surface area contributed by atoms with Gasteiger partial charge in [0.1, 0.15) is 15.8 Å². The summed E-state index contributed by atoms with van der Waals surface area (Å²) in [5, 5.41) is 9.27. The summed E-state index contributed by atoms with van der Waals surface area (Å²) in [5.41, 5.74) is 3.02. The van der Waals surface area contributed by atoms with Crippen LogP contribution in [0.4, 0.5) is 0 Å². The van der Waals surface area contributed by atoms with Crippen LogP contribution in [0, 0.1) is 18.3 Å². The maximum Gasteiger partial charge on any atom is 0.161 e. The molecule has 0 N–H and O–H groups in total. The zero-order valence-electron chi connectivity index (χ0n) is 9.11. The van der Waals surface area contributed by atoms with Gasteiger partial charge in [-0.15, -0.1) is 11.8 Å². The number of hydrogen-bond donors (Lipinski definition) is 0. The highest BCUT2D eigenvalue weighted by molar-refractivity contribution is 8.00. The fourth-order valence-corrected chi connectivity index (χ4v) is 3.60. The quantitative estimate of drug-likeness (QED) is 0.788. The van der Waals surface area contributed by atoms with Crippen molar-refractivity contribution in [3.8, 4) is 6.07 Å². The summed E-state index contributed by atoms with van der Waals surface area (Å²) in [6.07, 6.45) is 0. The Morgan fingerprint density at radius 3 is 2.94 bits per heavy atom. The van der Waals surface area contributed by atoms with E-state index in [4.69, 9.17) is 16.9 Å². The summed E-state index contributed by atoms with van der Waals surface area (Å²) in [5.74, 6) is 0.833. The summed E-state index contributed by atoms with van der Waals surface area (Å²) in [4.78, 5) is 0. The fraction of sp³-hybridized carbons (Fsp3) is 0.167. The molecular weight excluding hydrogens is 272 g/mol. The first-order valence-electron chi connectivity index (χ1n) is 4.95. The first-order valence-corrected chi connectivity index (χ1v) is 7.08. The molecule has 0 fully saturated rings. The lowest BCUT2D eigenvalue weighted by molar-refractivity contribution is 1.31. The highest BCUT2D eigenvalue weighted by Gasteiger charge is 2.12. The van der Waals surface area contributed by atoms with E-state index in [1.165, 1.54) is 22.7 Å². The Kier molecular flexibility index (Phi) is 4.06. The van der Waals surface area contributed by atoms with Crippen LogP contribution in [-0.2, 0) is 5.75 Å². The Hall–Kier alpha value is -1.02. The van der Waals surface area contributed by atoms with E-state index >= 15 is 0 Å². The molecule has 0 aliphatic carbocycles. The monoisotopic (exact) mass is 280 g/mol. The number of aromatic nitrogens is 1. The van der Waals surface area contributed by atoms with Crippen LogP contribution in [0.25, 0.3) is 0 Å². The van der Waals surface area contributed by atoms with Gasteiger partial charge >= 0.3 is 0 Å². The van der Waals surface area contributed by atoms with Gasteiger partial charge in [0.2, 0.25) is 0 Å². The second-order valence-corrected chi connectivity index (χ2v) is 5.84. The van der Waals surface area contributed by atoms with Crippen LogP contribution in [0.2, 0.25) is 5.15 Å². The molecule has 0 saturated heterocycles. The molecule has 17 heavy (non-hydrogen) atoms. The Labute approximate surface area is 113 Å². The average Bonchev–Trinajstić information content (AvgIpc) is 2.69. The van der Waals surface area contributed by atoms with E-state index in [1.807, 2.05) is 12.1 Å². The van der Waals surface area contributed by atoms with Gasteiger partial charge in [-0.05, 0) is 29.6 Å². The number of nitriles is 1. The molecule has 1 aromatic heterocycles. The molecule has 0 aliphatic heterocycles. The summed E-state index contributed by atoms with van der Waals surface area (Å²) in [6.45, 7) is 2.08. The molecule has 2 nitrogen and oxygen atoms in total. The van der Waals surface area contributed by atoms with Gasteiger partial charge in [0.05, 0.1) is 0 Å². The van der Waals surface area contributed by atoms with Crippen LogP contribution in [0.15, 0.2) is 28.5 Å². The van der Waals surface area contributed by atoms with Crippen molar-refractivity contribution in [2.45, 2.75) is 16.9 Å². The second-order valence-electron chi connectivity index (χ2n) is 3.46. The molecule has 0 radical (unpaired) electrons. The van der Waals surface area contributed by atoms with E-state index in [-0.39, 0.29) is 0 Å². The predicted octanol–water partition coefficient (Wildman–Crippen LogP) is 4.27. The molecule has 0 amide bonds. The zero-order valence-corrected chi connectivity index (χ0v) is 11.5. The topological polar surface area (TPSA) is 36.7 Å². The Morgan fingerprint density at radius 2 is 2.24 bits per heavy atom. The van der Waals surface area contributed by atoms with E-state index in [0.29, 0.717) is 10.7 Å². The molecule has 0 spiro atoms. The van der Waals surface area contributed by atoms with Gasteiger partial charge < -0.3 is 0 Å². The van der Waals surface area contributed by atoms with Crippen molar-refractivity contribution in [3.05, 3.63) is 46.1 Å². The summed E-state index contributed by atoms with van der Waals surface area (Å²) in [6, 6.07) is 10.3. The number of rotatable bonds is 3. The molecule has 0 aliphatic rings. The third-order valence-electron chi connectivity index (χ3n) is 2.35. The Morgan fingerprint density at radius 1 is 1.47 bits per heavy atom. The van der Waals surface area contributed by atoms with Gasteiger partial charge in [-0.2, -0.15) is 9.64 Å². The van der Waals surface area contributed by atoms with Crippen molar-refractivity contribution < 1.29 is 0 Å². The van der Waals surface area contributed by atoms with Crippen molar-refractivity contribution >= 4 is 34.9 Å². The van der Waals surface area contributed by atoms with Crippen LogP contribution in [-0.4, -0.2) is 4.37 Å². The van der Waals surface area contributed by atoms with E-state index in [9.17, 15) is 0 Å². The number of benzene rings is 1. The van der Waals surface area contributed by atoms with Gasteiger partial charge in [0, 0.05) is 5.75 Å². The Bertz CT molecular complexity index is 572. The predicted molar refractivity (Wildman–Crippen MR) is 72.6 cm³/mol. The second kappa shape index (κ2) is 5.54. The van der Waals surface area contributed by atoms with E-state index in [1.54, 1.807) is 11.8 Å². The van der Waals surface area contributed by atoms with E-state index < -0.39 is 0 Å². The number of thioether (sulfide) groups is 1. The van der Waals surface area contributed by atoms with E-state index in [0.717, 1.165) is 9.96 Å². The van der Waals surface area contributed by atoms with Gasteiger partial charge in [0.25, 0.3) is 0 Å². The maximum absolute atomic E-state index is 8.96. The lowest BCUT2D eigenvalue weighted by Gasteiger charge is -2.03. The largest absolute Gasteiger partial charge is 0.192 e. The minimum Gasteiger partial charge on any atom is -0.192 e. The lowest BCUT2D eigenvalue weighted by atomic mass is 10.1. The van der Waals surface area contributed by atoms with Crippen molar-refractivity contribution in [2.24, 2.45) is 0 Å². The lowest BCUT2D eigenvalue weighted by Crippen LogP contribution is -1.85. The van der Waals surface area contributed by atoms with Crippen LogP contribution in [0.5, 0.6) is 0 Å². The summed E-state index contributed by atoms with van der Waals surface area (Å²) < 4.78 is 4.88. The molecule has 2 rings (SSSR count). The average molecular weight is 281 g/mol. The zero-order chi connectivity index (χ0) is 12.3. The van der Waals surface area contributed by atoms with Gasteiger partial charge in [0.15, 0.2) is 5.15 Å². The standard InChI is InChI=1S/C12H9ClN2S2/c1-8-4-2-3-5-9(8)7-16-12-10(6-14)11(13)15-17-12/h2-5H,7H2,1H3. The molecule has 86 valence electrons. The minimum atomic E-state index is 0.310. The first kappa shape index (κ1) is 12.4. The van der Waals surface area contributed by atoms with Gasteiger partial charge in [-0.1, -0.05) is 35.9 Å². The normalized spacial score (nSPS) is 10.2. The van der Waals surface area contributed by atoms with E-state index in [2.05, 4.69) is 29.5 Å². The summed E-state index contributed by atoms with van der Waals surface area (Å²) >= 11 is 8.71. The highest BCUT2D eigenvalue weighted by atomic mass is 35.5. The molecule has 5 heteroatoms. The van der Waals surface area contributed by atoms with Crippen molar-refractivity contribution in [2.75, 3.05) is 0 Å².